The Morgan fingerprint density at radius 1 is 1.09 bits per heavy atom. The van der Waals surface area contributed by atoms with Gasteiger partial charge in [-0.1, -0.05) is 6.08 Å². The van der Waals surface area contributed by atoms with E-state index in [1.807, 2.05) is 4.98 Å². The Morgan fingerprint density at radius 2 is 1.73 bits per heavy atom. The molecular formula is C12H20N3O15P3. The van der Waals surface area contributed by atoms with E-state index in [1.54, 1.807) is 0 Å². The lowest BCUT2D eigenvalue weighted by Crippen LogP contribution is -2.35. The quantitative estimate of drug-likeness (QED) is 0.142. The van der Waals surface area contributed by atoms with Crippen molar-refractivity contribution < 1.29 is 61.4 Å². The third kappa shape index (κ3) is 7.85. The molecule has 3 unspecified atom stereocenters. The van der Waals surface area contributed by atoms with Crippen LogP contribution in [0.5, 0.6) is 0 Å². The van der Waals surface area contributed by atoms with Crippen LogP contribution in [0.4, 0.5) is 0 Å². The zero-order chi connectivity index (χ0) is 25.2. The van der Waals surface area contributed by atoms with E-state index in [9.17, 15) is 38.4 Å². The number of H-pyrrole nitrogens is 1. The normalized spacial score (nSPS) is 27.5. The molecule has 0 aliphatic carbocycles. The summed E-state index contributed by atoms with van der Waals surface area (Å²) in [6, 6.07) is 0. The van der Waals surface area contributed by atoms with Crippen LogP contribution in [0.1, 0.15) is 11.7 Å². The molecule has 0 spiro atoms. The highest BCUT2D eigenvalue weighted by Crippen LogP contribution is 2.66. The molecule has 9 N–H and O–H groups in total. The molecule has 1 fully saturated rings. The number of phosphoric ester groups is 1. The van der Waals surface area contributed by atoms with Gasteiger partial charge in [0.15, 0.2) is 0 Å². The molecule has 2 heterocycles. The zero-order valence-corrected chi connectivity index (χ0v) is 18.9. The monoisotopic (exact) mass is 539 g/mol. The lowest BCUT2D eigenvalue weighted by atomic mass is 10.0. The van der Waals surface area contributed by atoms with Gasteiger partial charge in [-0.3, -0.25) is 18.9 Å². The van der Waals surface area contributed by atoms with Crippen molar-refractivity contribution in [3.05, 3.63) is 38.7 Å². The van der Waals surface area contributed by atoms with Gasteiger partial charge >= 0.3 is 29.2 Å². The number of nitrogens with one attached hydrogen (secondary N) is 1. The molecule has 188 valence electrons. The van der Waals surface area contributed by atoms with E-state index in [1.165, 1.54) is 12.3 Å². The second-order valence-corrected chi connectivity index (χ2v) is 10.8. The van der Waals surface area contributed by atoms with Gasteiger partial charge in [-0.15, -0.1) is 0 Å². The van der Waals surface area contributed by atoms with Crippen LogP contribution in [0, 0.1) is 0 Å². The second-order valence-electron chi connectivity index (χ2n) is 6.33. The molecule has 1 aromatic heterocycles. The average Bonchev–Trinajstić information content (AvgIpc) is 2.91. The maximum absolute atomic E-state index is 12.1. The Bertz CT molecular complexity index is 1140. The van der Waals surface area contributed by atoms with Crippen LogP contribution in [-0.4, -0.2) is 70.8 Å². The molecule has 1 aliphatic heterocycles. The van der Waals surface area contributed by atoms with Crippen molar-refractivity contribution in [3.8, 4) is 0 Å². The number of nitrogens with two attached hydrogens (primary N) is 1. The second kappa shape index (κ2) is 10.5. The number of ether oxygens (including phenoxy) is 1. The van der Waals surface area contributed by atoms with Gasteiger partial charge in [0.2, 0.25) is 0 Å². The summed E-state index contributed by atoms with van der Waals surface area (Å²) >= 11 is 0. The third-order valence-corrected chi connectivity index (χ3v) is 7.69. The Morgan fingerprint density at radius 3 is 2.30 bits per heavy atom. The van der Waals surface area contributed by atoms with Crippen LogP contribution in [0.2, 0.25) is 0 Å². The van der Waals surface area contributed by atoms with E-state index in [4.69, 9.17) is 25.2 Å². The molecule has 21 heteroatoms. The molecule has 0 radical (unpaired) electrons. The number of phosphoric acid groups is 3. The smallest absolute Gasteiger partial charge is 0.387 e. The molecule has 1 aliphatic rings. The fourth-order valence-electron chi connectivity index (χ4n) is 2.60. The highest BCUT2D eigenvalue weighted by atomic mass is 31.3. The number of aromatic amines is 1. The Balaban J connectivity index is 2.15. The molecular weight excluding hydrogens is 519 g/mol. The molecule has 0 bridgehead atoms. The van der Waals surface area contributed by atoms with Gasteiger partial charge in [-0.25, -0.2) is 18.5 Å². The van der Waals surface area contributed by atoms with Crippen molar-refractivity contribution >= 4 is 29.7 Å². The molecule has 2 rings (SSSR count). The van der Waals surface area contributed by atoms with Crippen LogP contribution in [0.15, 0.2) is 21.9 Å². The maximum Gasteiger partial charge on any atom is 0.490 e. The number of nitrogens with zero attached hydrogens (tertiary/aromatic N) is 1. The number of aliphatic hydroxyl groups is 2. The van der Waals surface area contributed by atoms with Crippen molar-refractivity contribution in [1.82, 2.24) is 9.55 Å². The van der Waals surface area contributed by atoms with Crippen LogP contribution in [0.25, 0.3) is 6.20 Å². The highest BCUT2D eigenvalue weighted by Gasteiger charge is 2.47. The lowest BCUT2D eigenvalue weighted by Gasteiger charge is -2.19. The molecule has 1 saturated heterocycles. The minimum atomic E-state index is -5.76. The van der Waals surface area contributed by atoms with Crippen molar-refractivity contribution in [2.75, 3.05) is 13.2 Å². The number of hydrogen-bond acceptors (Lipinski definition) is 12. The van der Waals surface area contributed by atoms with Crippen molar-refractivity contribution in [2.24, 2.45) is 5.73 Å². The predicted molar refractivity (Wildman–Crippen MR) is 105 cm³/mol. The van der Waals surface area contributed by atoms with E-state index in [2.05, 4.69) is 13.1 Å². The standard InChI is InChI=1S/C12H20N3O15P3/c13-2-1-3-15-4-6(11(18)14-12(15)19)10-9(17)8(16)7(28-10)5-27-32(23,24)30-33(25,26)29-31(20,21)22/h1,3-4,7-10,16-17H,2,5,13H2,(H,23,24)(H,25,26)(H,14,18,19)(H2,20,21,22)/b3-1+/t7-,8?,9+,10+/m1/s1. The summed E-state index contributed by atoms with van der Waals surface area (Å²) < 4.78 is 51.3. The van der Waals surface area contributed by atoms with Crippen molar-refractivity contribution in [1.29, 1.82) is 0 Å². The minimum Gasteiger partial charge on any atom is -0.387 e. The third-order valence-electron chi connectivity index (χ3n) is 3.88. The van der Waals surface area contributed by atoms with Crippen molar-refractivity contribution in [2.45, 2.75) is 24.4 Å². The zero-order valence-electron chi connectivity index (χ0n) is 16.2. The summed E-state index contributed by atoms with van der Waals surface area (Å²) in [5.41, 5.74) is 3.16. The molecule has 0 amide bonds. The first kappa shape index (κ1) is 27.9. The van der Waals surface area contributed by atoms with Gasteiger partial charge in [-0.05, 0) is 0 Å². The SMILES string of the molecule is NC/C=C/n1cc([C@@H]2O[C@H](COP(=O)(O)OP(=O)(O)OP(=O)(O)O)C(O)[C@@H]2O)c(=O)[nH]c1=O. The summed E-state index contributed by atoms with van der Waals surface area (Å²) in [5.74, 6) is 0. The van der Waals surface area contributed by atoms with E-state index >= 15 is 0 Å². The number of aromatic nitrogens is 2. The lowest BCUT2D eigenvalue weighted by molar-refractivity contribution is -0.0227. The highest BCUT2D eigenvalue weighted by molar-refractivity contribution is 7.66. The molecule has 18 nitrogen and oxygen atoms in total. The fourth-order valence-corrected chi connectivity index (χ4v) is 5.63. The first-order valence-corrected chi connectivity index (χ1v) is 13.1. The Hall–Kier alpha value is -1.33. The molecule has 1 aromatic rings. The first-order valence-electron chi connectivity index (χ1n) is 8.57. The van der Waals surface area contributed by atoms with E-state index in [-0.39, 0.29) is 12.1 Å². The summed E-state index contributed by atoms with van der Waals surface area (Å²) in [6.07, 6.45) is -3.17. The summed E-state index contributed by atoms with van der Waals surface area (Å²) in [7, 11) is -16.9. The van der Waals surface area contributed by atoms with Crippen molar-refractivity contribution in [3.63, 3.8) is 0 Å². The maximum atomic E-state index is 12.1. The van der Waals surface area contributed by atoms with Gasteiger partial charge in [0.1, 0.15) is 24.4 Å². The van der Waals surface area contributed by atoms with E-state index < -0.39 is 65.7 Å². The number of aliphatic hydroxyl groups excluding tert-OH is 2. The summed E-state index contributed by atoms with van der Waals surface area (Å²) in [4.78, 5) is 61.5. The minimum absolute atomic E-state index is 0.0604. The van der Waals surface area contributed by atoms with E-state index in [0.717, 1.165) is 10.8 Å². The number of hydrogen-bond donors (Lipinski definition) is 8. The number of rotatable bonds is 10. The summed E-state index contributed by atoms with van der Waals surface area (Å²) in [6.45, 7) is -1.01. The fraction of sp³-hybridized carbons (Fsp3) is 0.500. The van der Waals surface area contributed by atoms with Crippen LogP contribution in [0.3, 0.4) is 0 Å². The van der Waals surface area contributed by atoms with Gasteiger partial charge < -0.3 is 40.3 Å². The molecule has 0 aromatic carbocycles. The summed E-state index contributed by atoms with van der Waals surface area (Å²) in [5, 5.41) is 20.3. The van der Waals surface area contributed by atoms with Gasteiger partial charge in [0.25, 0.3) is 5.56 Å². The van der Waals surface area contributed by atoms with Crippen LogP contribution >= 0.6 is 23.5 Å². The average molecular weight is 539 g/mol. The van der Waals surface area contributed by atoms with Crippen LogP contribution in [-0.2, 0) is 31.6 Å². The molecule has 33 heavy (non-hydrogen) atoms. The van der Waals surface area contributed by atoms with Gasteiger partial charge in [0, 0.05) is 18.9 Å². The van der Waals surface area contributed by atoms with Gasteiger partial charge in [0.05, 0.1) is 12.2 Å². The molecule has 6 atom stereocenters. The Labute approximate surface area is 183 Å². The van der Waals surface area contributed by atoms with Crippen LogP contribution < -0.4 is 17.0 Å². The topological polar surface area (TPSA) is 290 Å². The largest absolute Gasteiger partial charge is 0.490 e. The molecule has 0 saturated carbocycles. The Kier molecular flexibility index (Phi) is 8.89. The first-order chi connectivity index (χ1) is 15.1. The predicted octanol–water partition coefficient (Wildman–Crippen LogP) is -2.53. The van der Waals surface area contributed by atoms with Gasteiger partial charge in [-0.2, -0.15) is 8.62 Å². The van der Waals surface area contributed by atoms with E-state index in [0.29, 0.717) is 0 Å².